The number of urea groups is 1. The molecule has 9 heteroatoms. The topological polar surface area (TPSA) is 76.1 Å². The van der Waals surface area contributed by atoms with Crippen molar-refractivity contribution in [1.82, 2.24) is 15.5 Å². The average molecular weight is 380 g/mol. The van der Waals surface area contributed by atoms with Gasteiger partial charge in [0.2, 0.25) is 5.13 Å². The fourth-order valence-electron chi connectivity index (χ4n) is 3.44. The minimum atomic E-state index is -0.900. The summed E-state index contributed by atoms with van der Waals surface area (Å²) in [6.45, 7) is 1.43. The number of aryl methyl sites for hydroxylation is 1. The van der Waals surface area contributed by atoms with Crippen LogP contribution in [0.4, 0.5) is 18.7 Å². The highest BCUT2D eigenvalue weighted by atomic mass is 32.1. The highest BCUT2D eigenvalue weighted by molar-refractivity contribution is 7.15. The summed E-state index contributed by atoms with van der Waals surface area (Å²) < 4.78 is 32.1. The number of benzene rings is 1. The number of anilines is 1. The van der Waals surface area contributed by atoms with Crippen LogP contribution in [0.3, 0.4) is 0 Å². The predicted octanol–water partition coefficient (Wildman–Crippen LogP) is 3.52. The Morgan fingerprint density at radius 3 is 2.73 bits per heavy atom. The predicted molar refractivity (Wildman–Crippen MR) is 92.3 cm³/mol. The molecule has 1 aromatic heterocycles. The van der Waals surface area contributed by atoms with E-state index in [2.05, 4.69) is 20.8 Å². The number of halogens is 2. The summed E-state index contributed by atoms with van der Waals surface area (Å²) in [6, 6.07) is 1.59. The third-order valence-electron chi connectivity index (χ3n) is 4.80. The lowest BCUT2D eigenvalue weighted by Gasteiger charge is -2.19. The molecule has 1 saturated heterocycles. The van der Waals surface area contributed by atoms with Gasteiger partial charge in [-0.3, -0.25) is 5.32 Å². The van der Waals surface area contributed by atoms with Crippen molar-refractivity contribution in [1.29, 1.82) is 0 Å². The average Bonchev–Trinajstić information content (AvgIpc) is 3.24. The quantitative estimate of drug-likeness (QED) is 0.854. The summed E-state index contributed by atoms with van der Waals surface area (Å²) in [4.78, 5) is 12.2. The first-order chi connectivity index (χ1) is 12.6. The Kier molecular flexibility index (Phi) is 4.82. The molecule has 1 atom stereocenters. The van der Waals surface area contributed by atoms with Gasteiger partial charge >= 0.3 is 6.03 Å². The number of carbonyl (C=O) groups excluding carboxylic acids is 1. The zero-order chi connectivity index (χ0) is 18.1. The van der Waals surface area contributed by atoms with E-state index in [1.165, 1.54) is 17.4 Å². The molecule has 0 spiro atoms. The molecule has 2 N–H and O–H groups in total. The Hall–Kier alpha value is -2.13. The second-order valence-electron chi connectivity index (χ2n) is 6.49. The van der Waals surface area contributed by atoms with Gasteiger partial charge in [0, 0.05) is 19.1 Å². The van der Waals surface area contributed by atoms with Gasteiger partial charge in [0.25, 0.3) is 0 Å². The van der Waals surface area contributed by atoms with E-state index in [-0.39, 0.29) is 6.04 Å². The fraction of sp³-hybridized carbons (Fsp3) is 0.471. The van der Waals surface area contributed by atoms with E-state index in [0.717, 1.165) is 29.5 Å². The maximum atomic E-state index is 13.5. The maximum Gasteiger partial charge on any atom is 0.321 e. The van der Waals surface area contributed by atoms with E-state index in [1.54, 1.807) is 0 Å². The summed E-state index contributed by atoms with van der Waals surface area (Å²) in [5.41, 5.74) is 1.35. The van der Waals surface area contributed by atoms with E-state index >= 15 is 0 Å². The first-order valence-corrected chi connectivity index (χ1v) is 9.38. The Bertz CT molecular complexity index is 823. The van der Waals surface area contributed by atoms with Gasteiger partial charge in [-0.2, -0.15) is 0 Å². The number of ether oxygens (including phenoxy) is 1. The van der Waals surface area contributed by atoms with Crippen LogP contribution in [0.5, 0.6) is 0 Å². The van der Waals surface area contributed by atoms with Crippen LogP contribution in [0, 0.1) is 11.6 Å². The van der Waals surface area contributed by atoms with Crippen LogP contribution >= 0.6 is 11.3 Å². The molecule has 2 aromatic rings. The molecule has 138 valence electrons. The van der Waals surface area contributed by atoms with Gasteiger partial charge in [0.15, 0.2) is 11.6 Å². The number of nitrogens with one attached hydrogen (secondary N) is 2. The van der Waals surface area contributed by atoms with Crippen LogP contribution in [-0.4, -0.2) is 29.4 Å². The fourth-order valence-corrected chi connectivity index (χ4v) is 4.34. The van der Waals surface area contributed by atoms with Crippen molar-refractivity contribution in [2.45, 2.75) is 37.6 Å². The lowest BCUT2D eigenvalue weighted by Crippen LogP contribution is -2.31. The number of rotatable bonds is 3. The van der Waals surface area contributed by atoms with Gasteiger partial charge in [-0.05, 0) is 48.9 Å². The third kappa shape index (κ3) is 3.54. The standard InChI is InChI=1S/C17H18F2N4O2S/c18-12-7-10-1-2-14(11(10)8-13(12)19)20-16(24)21-17-23-22-15(26-17)9-3-5-25-6-4-9/h7-9,14H,1-6H2,(H2,20,21,23,24). The number of aromatic nitrogens is 2. The van der Waals surface area contributed by atoms with Crippen LogP contribution < -0.4 is 10.6 Å². The molecule has 1 aromatic carbocycles. The summed E-state index contributed by atoms with van der Waals surface area (Å²) in [7, 11) is 0. The van der Waals surface area contributed by atoms with Gasteiger partial charge in [-0.1, -0.05) is 11.3 Å². The lowest BCUT2D eigenvalue weighted by molar-refractivity contribution is 0.0851. The molecular weight excluding hydrogens is 362 g/mol. The SMILES string of the molecule is O=C(Nc1nnc(C2CCOCC2)s1)NC1CCc2cc(F)c(F)cc21. The molecular formula is C17H18F2N4O2S. The number of hydrogen-bond donors (Lipinski definition) is 2. The van der Waals surface area contributed by atoms with E-state index in [0.29, 0.717) is 42.7 Å². The second-order valence-corrected chi connectivity index (χ2v) is 7.50. The van der Waals surface area contributed by atoms with Gasteiger partial charge in [0.1, 0.15) is 5.01 Å². The van der Waals surface area contributed by atoms with Crippen molar-refractivity contribution in [2.24, 2.45) is 0 Å². The zero-order valence-corrected chi connectivity index (χ0v) is 14.7. The van der Waals surface area contributed by atoms with Gasteiger partial charge in [-0.15, -0.1) is 10.2 Å². The minimum Gasteiger partial charge on any atom is -0.381 e. The van der Waals surface area contributed by atoms with Crippen LogP contribution in [0.25, 0.3) is 0 Å². The number of carbonyl (C=O) groups is 1. The summed E-state index contributed by atoms with van der Waals surface area (Å²) in [5, 5.41) is 15.0. The van der Waals surface area contributed by atoms with Crippen molar-refractivity contribution in [3.63, 3.8) is 0 Å². The van der Waals surface area contributed by atoms with E-state index < -0.39 is 17.7 Å². The summed E-state index contributed by atoms with van der Waals surface area (Å²) in [6.07, 6.45) is 3.02. The molecule has 1 aliphatic carbocycles. The molecule has 0 radical (unpaired) electrons. The molecule has 26 heavy (non-hydrogen) atoms. The number of nitrogens with zero attached hydrogens (tertiary/aromatic N) is 2. The molecule has 6 nitrogen and oxygen atoms in total. The smallest absolute Gasteiger partial charge is 0.321 e. The molecule has 0 bridgehead atoms. The van der Waals surface area contributed by atoms with Crippen molar-refractivity contribution in [3.8, 4) is 0 Å². The minimum absolute atomic E-state index is 0.319. The molecule has 0 saturated carbocycles. The van der Waals surface area contributed by atoms with Crippen molar-refractivity contribution >= 4 is 22.5 Å². The highest BCUT2D eigenvalue weighted by Gasteiger charge is 2.26. The first-order valence-electron chi connectivity index (χ1n) is 8.56. The van der Waals surface area contributed by atoms with Crippen LogP contribution in [0.1, 0.15) is 47.4 Å². The first kappa shape index (κ1) is 17.3. The number of hydrogen-bond acceptors (Lipinski definition) is 5. The summed E-state index contributed by atoms with van der Waals surface area (Å²) in [5.74, 6) is -1.44. The largest absolute Gasteiger partial charge is 0.381 e. The molecule has 2 heterocycles. The van der Waals surface area contributed by atoms with Crippen molar-refractivity contribution in [3.05, 3.63) is 39.9 Å². The Morgan fingerprint density at radius 1 is 1.15 bits per heavy atom. The zero-order valence-electron chi connectivity index (χ0n) is 13.9. The van der Waals surface area contributed by atoms with E-state index in [1.807, 2.05) is 0 Å². The Morgan fingerprint density at radius 2 is 1.92 bits per heavy atom. The molecule has 2 aliphatic rings. The summed E-state index contributed by atoms with van der Waals surface area (Å²) >= 11 is 1.36. The Labute approximate surface area is 153 Å². The van der Waals surface area contributed by atoms with Crippen molar-refractivity contribution in [2.75, 3.05) is 18.5 Å². The Balaban J connectivity index is 1.38. The molecule has 4 rings (SSSR count). The number of fused-ring (bicyclic) bond motifs is 1. The maximum absolute atomic E-state index is 13.5. The molecule has 1 fully saturated rings. The van der Waals surface area contributed by atoms with E-state index in [4.69, 9.17) is 4.74 Å². The van der Waals surface area contributed by atoms with Crippen LogP contribution in [0.15, 0.2) is 12.1 Å². The monoisotopic (exact) mass is 380 g/mol. The lowest BCUT2D eigenvalue weighted by atomic mass is 10.0. The third-order valence-corrected chi connectivity index (χ3v) is 5.80. The van der Waals surface area contributed by atoms with Crippen LogP contribution in [-0.2, 0) is 11.2 Å². The highest BCUT2D eigenvalue weighted by Crippen LogP contribution is 2.33. The van der Waals surface area contributed by atoms with E-state index in [9.17, 15) is 13.6 Å². The molecule has 1 unspecified atom stereocenters. The normalized spacial score (nSPS) is 20.0. The second kappa shape index (κ2) is 7.24. The molecule has 1 aliphatic heterocycles. The number of amides is 2. The van der Waals surface area contributed by atoms with Gasteiger partial charge in [-0.25, -0.2) is 13.6 Å². The van der Waals surface area contributed by atoms with Crippen molar-refractivity contribution < 1.29 is 18.3 Å². The van der Waals surface area contributed by atoms with Crippen LogP contribution in [0.2, 0.25) is 0 Å². The van der Waals surface area contributed by atoms with Gasteiger partial charge < -0.3 is 10.1 Å². The van der Waals surface area contributed by atoms with Gasteiger partial charge in [0.05, 0.1) is 6.04 Å². The molecule has 2 amide bonds.